The third-order valence-electron chi connectivity index (χ3n) is 4.23. The molecule has 0 spiro atoms. The molecule has 1 aliphatic heterocycles. The Hall–Kier alpha value is -1.87. The minimum atomic E-state index is -4.43. The fraction of sp³-hybridized carbons (Fsp3) is 0.500. The van der Waals surface area contributed by atoms with Crippen molar-refractivity contribution in [3.8, 4) is 0 Å². The Kier molecular flexibility index (Phi) is 5.43. The Labute approximate surface area is 148 Å². The Morgan fingerprint density at radius 2 is 1.76 bits per heavy atom. The molecule has 0 radical (unpaired) electrons. The van der Waals surface area contributed by atoms with E-state index in [1.807, 2.05) is 18.2 Å². The average Bonchev–Trinajstić information content (AvgIpc) is 3.11. The quantitative estimate of drug-likeness (QED) is 0.808. The normalized spacial score (nSPS) is 16.2. The molecule has 0 unspecified atom stereocenters. The third kappa shape index (κ3) is 4.60. The molecule has 0 atom stereocenters. The van der Waals surface area contributed by atoms with Crippen molar-refractivity contribution in [2.45, 2.75) is 6.18 Å². The number of para-hydroxylation sites is 1. The van der Waals surface area contributed by atoms with Crippen LogP contribution in [0.3, 0.4) is 0 Å². The van der Waals surface area contributed by atoms with Crippen LogP contribution in [0.1, 0.15) is 5.01 Å². The van der Waals surface area contributed by atoms with Crippen LogP contribution in [0.2, 0.25) is 0 Å². The van der Waals surface area contributed by atoms with Gasteiger partial charge in [0.1, 0.15) is 0 Å². The summed E-state index contributed by atoms with van der Waals surface area (Å²) in [6, 6.07) is 10.3. The fourth-order valence-electron chi connectivity index (χ4n) is 2.74. The molecule has 3 rings (SSSR count). The number of rotatable bonds is 5. The van der Waals surface area contributed by atoms with Gasteiger partial charge in [-0.3, -0.25) is 4.90 Å². The second-order valence-electron chi connectivity index (χ2n) is 5.97. The van der Waals surface area contributed by atoms with Crippen molar-refractivity contribution in [1.29, 1.82) is 0 Å². The van der Waals surface area contributed by atoms with Crippen LogP contribution in [-0.4, -0.2) is 61.4 Å². The number of likely N-dealkylation sites (N-methyl/N-ethyl adjacent to an activating group) is 1. The monoisotopic (exact) mass is 371 g/mol. The number of nitrogens with zero attached hydrogens (tertiary/aromatic N) is 5. The number of piperazine rings is 1. The van der Waals surface area contributed by atoms with Gasteiger partial charge in [0.05, 0.1) is 0 Å². The maximum Gasteiger partial charge on any atom is 0.445 e. The lowest BCUT2D eigenvalue weighted by atomic mass is 10.2. The summed E-state index contributed by atoms with van der Waals surface area (Å²) in [5, 5.41) is 6.28. The molecule has 0 amide bonds. The molecule has 0 aliphatic carbocycles. The predicted octanol–water partition coefficient (Wildman–Crippen LogP) is 2.82. The maximum absolute atomic E-state index is 12.6. The number of alkyl halides is 3. The zero-order valence-electron chi connectivity index (χ0n) is 13.9. The van der Waals surface area contributed by atoms with Gasteiger partial charge < -0.3 is 9.80 Å². The van der Waals surface area contributed by atoms with E-state index in [1.54, 1.807) is 11.9 Å². The zero-order chi connectivity index (χ0) is 17.9. The van der Waals surface area contributed by atoms with Gasteiger partial charge in [-0.05, 0) is 12.1 Å². The lowest BCUT2D eigenvalue weighted by molar-refractivity contribution is -0.138. The van der Waals surface area contributed by atoms with E-state index in [0.717, 1.165) is 32.7 Å². The number of halogens is 3. The SMILES string of the molecule is CN(CCN1CCN(c2ccccc2)CC1)c1nnc(C(F)(F)F)s1. The Morgan fingerprint density at radius 3 is 2.36 bits per heavy atom. The summed E-state index contributed by atoms with van der Waals surface area (Å²) in [6.07, 6.45) is -4.43. The van der Waals surface area contributed by atoms with Crippen LogP contribution in [0.5, 0.6) is 0 Å². The second-order valence-corrected chi connectivity index (χ2v) is 6.93. The van der Waals surface area contributed by atoms with E-state index in [-0.39, 0.29) is 0 Å². The smallest absolute Gasteiger partial charge is 0.369 e. The molecule has 2 heterocycles. The third-order valence-corrected chi connectivity index (χ3v) is 5.31. The highest BCUT2D eigenvalue weighted by molar-refractivity contribution is 7.15. The summed E-state index contributed by atoms with van der Waals surface area (Å²) in [5.74, 6) is 0. The Morgan fingerprint density at radius 1 is 1.08 bits per heavy atom. The summed E-state index contributed by atoms with van der Waals surface area (Å²) in [4.78, 5) is 6.40. The molecule has 2 aromatic rings. The number of aromatic nitrogens is 2. The van der Waals surface area contributed by atoms with E-state index < -0.39 is 11.2 Å². The van der Waals surface area contributed by atoms with E-state index in [2.05, 4.69) is 32.1 Å². The van der Waals surface area contributed by atoms with E-state index in [1.165, 1.54) is 5.69 Å². The van der Waals surface area contributed by atoms with E-state index in [0.29, 0.717) is 23.0 Å². The number of hydrogen-bond donors (Lipinski definition) is 0. The first kappa shape index (κ1) is 17.9. The molecule has 1 aromatic heterocycles. The summed E-state index contributed by atoms with van der Waals surface area (Å²) < 4.78 is 37.8. The highest BCUT2D eigenvalue weighted by Crippen LogP contribution is 2.33. The van der Waals surface area contributed by atoms with Gasteiger partial charge in [-0.25, -0.2) is 0 Å². The van der Waals surface area contributed by atoms with Gasteiger partial charge in [-0.1, -0.05) is 29.5 Å². The first-order chi connectivity index (χ1) is 11.9. The minimum absolute atomic E-state index is 0.301. The van der Waals surface area contributed by atoms with Gasteiger partial charge in [-0.2, -0.15) is 13.2 Å². The van der Waals surface area contributed by atoms with E-state index in [4.69, 9.17) is 0 Å². The molecule has 1 fully saturated rings. The van der Waals surface area contributed by atoms with Gasteiger partial charge in [0.2, 0.25) is 10.1 Å². The molecule has 1 aliphatic rings. The number of benzene rings is 1. The van der Waals surface area contributed by atoms with Gasteiger partial charge in [0.25, 0.3) is 0 Å². The largest absolute Gasteiger partial charge is 0.445 e. The van der Waals surface area contributed by atoms with Gasteiger partial charge in [-0.15, -0.1) is 10.2 Å². The Bertz CT molecular complexity index is 668. The van der Waals surface area contributed by atoms with Crippen LogP contribution < -0.4 is 9.80 Å². The lowest BCUT2D eigenvalue weighted by Gasteiger charge is -2.36. The summed E-state index contributed by atoms with van der Waals surface area (Å²) in [6.45, 7) is 5.19. The lowest BCUT2D eigenvalue weighted by Crippen LogP contribution is -2.48. The highest BCUT2D eigenvalue weighted by Gasteiger charge is 2.36. The molecule has 0 saturated carbocycles. The molecule has 136 valence electrons. The van der Waals surface area contributed by atoms with Crippen LogP contribution >= 0.6 is 11.3 Å². The molecule has 0 N–H and O–H groups in total. The topological polar surface area (TPSA) is 35.5 Å². The van der Waals surface area contributed by atoms with Crippen molar-refractivity contribution >= 4 is 22.2 Å². The van der Waals surface area contributed by atoms with Crippen LogP contribution in [0.25, 0.3) is 0 Å². The van der Waals surface area contributed by atoms with Crippen LogP contribution in [-0.2, 0) is 6.18 Å². The molecule has 1 aromatic carbocycles. The zero-order valence-corrected chi connectivity index (χ0v) is 14.7. The van der Waals surface area contributed by atoms with E-state index in [9.17, 15) is 13.2 Å². The molecule has 0 bridgehead atoms. The predicted molar refractivity (Wildman–Crippen MR) is 93.3 cm³/mol. The van der Waals surface area contributed by atoms with Crippen molar-refractivity contribution in [2.24, 2.45) is 0 Å². The average molecular weight is 371 g/mol. The van der Waals surface area contributed by atoms with Crippen molar-refractivity contribution in [1.82, 2.24) is 15.1 Å². The molecular formula is C16H20F3N5S. The van der Waals surface area contributed by atoms with Crippen molar-refractivity contribution < 1.29 is 13.2 Å². The first-order valence-electron chi connectivity index (χ1n) is 8.07. The van der Waals surface area contributed by atoms with Crippen molar-refractivity contribution in [3.63, 3.8) is 0 Å². The first-order valence-corrected chi connectivity index (χ1v) is 8.89. The molecule has 9 heteroatoms. The number of anilines is 2. The summed E-state index contributed by atoms with van der Waals surface area (Å²) in [5.41, 5.74) is 1.23. The van der Waals surface area contributed by atoms with Crippen molar-refractivity contribution in [2.75, 3.05) is 56.1 Å². The molecule has 5 nitrogen and oxygen atoms in total. The maximum atomic E-state index is 12.6. The van der Waals surface area contributed by atoms with E-state index >= 15 is 0 Å². The standard InChI is InChI=1S/C16H20F3N5S/c1-22(15-21-20-14(25-15)16(17,18)19)7-8-23-9-11-24(12-10-23)13-5-3-2-4-6-13/h2-6H,7-12H2,1H3. The fourth-order valence-corrected chi connectivity index (χ4v) is 3.44. The highest BCUT2D eigenvalue weighted by atomic mass is 32.1. The van der Waals surface area contributed by atoms with Crippen LogP contribution in [0.4, 0.5) is 24.0 Å². The second kappa shape index (κ2) is 7.57. The van der Waals surface area contributed by atoms with Crippen LogP contribution in [0, 0.1) is 0 Å². The van der Waals surface area contributed by atoms with Gasteiger partial charge >= 0.3 is 6.18 Å². The summed E-state index contributed by atoms with van der Waals surface area (Å²) in [7, 11) is 1.75. The molecule has 25 heavy (non-hydrogen) atoms. The van der Waals surface area contributed by atoms with Crippen molar-refractivity contribution in [3.05, 3.63) is 35.3 Å². The molecule has 1 saturated heterocycles. The molecular weight excluding hydrogens is 351 g/mol. The van der Waals surface area contributed by atoms with Gasteiger partial charge in [0.15, 0.2) is 0 Å². The minimum Gasteiger partial charge on any atom is -0.369 e. The van der Waals surface area contributed by atoms with Gasteiger partial charge in [0, 0.05) is 52.0 Å². The number of hydrogen-bond acceptors (Lipinski definition) is 6. The van der Waals surface area contributed by atoms with Crippen LogP contribution in [0.15, 0.2) is 30.3 Å². The summed E-state index contributed by atoms with van der Waals surface area (Å²) >= 11 is 0.584. The Balaban J connectivity index is 1.46.